The van der Waals surface area contributed by atoms with Gasteiger partial charge in [-0.3, -0.25) is 4.79 Å². The maximum Gasteiger partial charge on any atom is 0.311 e. The molecule has 2 heterocycles. The largest absolute Gasteiger partial charge is 0.465 e. The van der Waals surface area contributed by atoms with Gasteiger partial charge in [-0.1, -0.05) is 101 Å². The summed E-state index contributed by atoms with van der Waals surface area (Å²) in [7, 11) is -2.63. The Morgan fingerprint density at radius 2 is 1.52 bits per heavy atom. The molecule has 0 saturated carbocycles. The molecule has 0 aromatic heterocycles. The Balaban J connectivity index is 1.34. The van der Waals surface area contributed by atoms with Crippen molar-refractivity contribution in [2.45, 2.75) is 129 Å². The number of rotatable bonds is 11. The van der Waals surface area contributed by atoms with E-state index >= 15 is 0 Å². The van der Waals surface area contributed by atoms with Gasteiger partial charge in [-0.05, 0) is 81.1 Å². The fourth-order valence-corrected chi connectivity index (χ4v) is 11.4. The van der Waals surface area contributed by atoms with Gasteiger partial charge in [0.15, 0.2) is 0 Å². The number of ether oxygens (including phenoxy) is 3. The van der Waals surface area contributed by atoms with Crippen LogP contribution in [0.3, 0.4) is 0 Å². The van der Waals surface area contributed by atoms with Gasteiger partial charge in [0.1, 0.15) is 0 Å². The first kappa shape index (κ1) is 34.6. The van der Waals surface area contributed by atoms with Crippen molar-refractivity contribution in [3.05, 3.63) is 72.8 Å². The highest BCUT2D eigenvalue weighted by Crippen LogP contribution is 2.39. The van der Waals surface area contributed by atoms with Crippen molar-refractivity contribution < 1.29 is 23.4 Å². The van der Waals surface area contributed by atoms with Crippen molar-refractivity contribution in [3.8, 4) is 0 Å². The molecule has 0 unspecified atom stereocenters. The van der Waals surface area contributed by atoms with Gasteiger partial charge in [0, 0.05) is 6.42 Å². The third-order valence-electron chi connectivity index (χ3n) is 9.33. The second-order valence-corrected chi connectivity index (χ2v) is 19.2. The highest BCUT2D eigenvalue weighted by molar-refractivity contribution is 6.99. The Bertz CT molecular complexity index is 1160. The first-order chi connectivity index (χ1) is 20.8. The van der Waals surface area contributed by atoms with Crippen LogP contribution >= 0.6 is 0 Å². The van der Waals surface area contributed by atoms with E-state index in [0.717, 1.165) is 38.5 Å². The van der Waals surface area contributed by atoms with Crippen LogP contribution in [-0.4, -0.2) is 51.4 Å². The lowest BCUT2D eigenvalue weighted by Crippen LogP contribution is -2.68. The zero-order valence-electron chi connectivity index (χ0n) is 28.4. The Kier molecular flexibility index (Phi) is 11.7. The van der Waals surface area contributed by atoms with Crippen molar-refractivity contribution in [1.29, 1.82) is 0 Å². The molecule has 0 radical (unpaired) electrons. The van der Waals surface area contributed by atoms with Gasteiger partial charge in [-0.2, -0.15) is 0 Å². The van der Waals surface area contributed by atoms with Gasteiger partial charge in [-0.15, -0.1) is 0 Å². The van der Waals surface area contributed by atoms with Gasteiger partial charge in [0.2, 0.25) is 0 Å². The summed E-state index contributed by atoms with van der Waals surface area (Å²) in [6.07, 6.45) is 10.7. The average Bonchev–Trinajstić information content (AvgIpc) is 3.46. The topological polar surface area (TPSA) is 54.0 Å². The molecule has 2 aliphatic rings. The Labute approximate surface area is 267 Å². The molecule has 2 aliphatic heterocycles. The van der Waals surface area contributed by atoms with Gasteiger partial charge >= 0.3 is 5.97 Å². The summed E-state index contributed by atoms with van der Waals surface area (Å²) in [4.78, 5) is 12.1. The molecule has 6 atom stereocenters. The van der Waals surface area contributed by atoms with Crippen molar-refractivity contribution in [1.82, 2.24) is 0 Å². The molecule has 0 bridgehead atoms. The average molecular weight is 621 g/mol. The number of carbonyl (C=O) groups excluding carboxylic acids is 1. The standard InChI is InChI=1S/C38H56O5Si/c1-28-22-23-30(41-34(28)26-27-40-36(39)37(3,4)5)16-15-17-31-24-25-35(42-31)29(2)43-44(38(6,7)8,32-18-11-9-12-19-32)33-20-13-10-14-21-33/h9-16,18-21,28-31,34-35H,17,22-27H2,1-8H3/b16-15+/t28-,29+,30-,31+,34+,35-/m0/s1. The van der Waals surface area contributed by atoms with Gasteiger partial charge in [0.25, 0.3) is 8.32 Å². The summed E-state index contributed by atoms with van der Waals surface area (Å²) in [6.45, 7) is 17.5. The summed E-state index contributed by atoms with van der Waals surface area (Å²) in [5.41, 5.74) is -0.475. The molecule has 5 nitrogen and oxygen atoms in total. The second kappa shape index (κ2) is 14.9. The fraction of sp³-hybridized carbons (Fsp3) is 0.605. The van der Waals surface area contributed by atoms with Crippen molar-refractivity contribution in [3.63, 3.8) is 0 Å². The molecule has 0 aliphatic carbocycles. The van der Waals surface area contributed by atoms with Crippen LogP contribution in [0.5, 0.6) is 0 Å². The predicted molar refractivity (Wildman–Crippen MR) is 182 cm³/mol. The summed E-state index contributed by atoms with van der Waals surface area (Å²) in [5.74, 6) is 0.308. The van der Waals surface area contributed by atoms with E-state index in [4.69, 9.17) is 18.6 Å². The molecule has 0 spiro atoms. The van der Waals surface area contributed by atoms with E-state index in [1.54, 1.807) is 0 Å². The van der Waals surface area contributed by atoms with E-state index in [2.05, 4.69) is 107 Å². The van der Waals surface area contributed by atoms with Gasteiger partial charge in [-0.25, -0.2) is 0 Å². The van der Waals surface area contributed by atoms with Crippen LogP contribution in [0.1, 0.15) is 93.9 Å². The molecule has 242 valence electrons. The number of hydrogen-bond donors (Lipinski definition) is 0. The van der Waals surface area contributed by atoms with Crippen molar-refractivity contribution in [2.75, 3.05) is 6.61 Å². The summed E-state index contributed by atoms with van der Waals surface area (Å²) in [6, 6.07) is 21.7. The Morgan fingerprint density at radius 1 is 0.909 bits per heavy atom. The Hall–Kier alpha value is -2.25. The van der Waals surface area contributed by atoms with Crippen LogP contribution in [0.2, 0.25) is 5.04 Å². The molecule has 6 heteroatoms. The molecule has 2 aromatic carbocycles. The highest BCUT2D eigenvalue weighted by atomic mass is 28.4. The maximum absolute atomic E-state index is 12.1. The minimum atomic E-state index is -2.63. The summed E-state index contributed by atoms with van der Waals surface area (Å²) >= 11 is 0. The number of hydrogen-bond acceptors (Lipinski definition) is 5. The number of benzene rings is 2. The molecule has 0 amide bonds. The lowest BCUT2D eigenvalue weighted by molar-refractivity contribution is -0.154. The fourth-order valence-electron chi connectivity index (χ4n) is 6.70. The third-order valence-corrected chi connectivity index (χ3v) is 14.5. The smallest absolute Gasteiger partial charge is 0.311 e. The molecular formula is C38H56O5Si. The van der Waals surface area contributed by atoms with E-state index in [1.165, 1.54) is 10.4 Å². The molecular weight excluding hydrogens is 564 g/mol. The lowest BCUT2D eigenvalue weighted by atomic mass is 9.91. The zero-order valence-corrected chi connectivity index (χ0v) is 29.4. The second-order valence-electron chi connectivity index (χ2n) is 15.0. The Morgan fingerprint density at radius 3 is 2.09 bits per heavy atom. The van der Waals surface area contributed by atoms with Crippen LogP contribution in [-0.2, 0) is 23.4 Å². The highest BCUT2D eigenvalue weighted by Gasteiger charge is 2.52. The normalized spacial score (nSPS) is 25.7. The quantitative estimate of drug-likeness (QED) is 0.147. The van der Waals surface area contributed by atoms with Crippen LogP contribution in [0.15, 0.2) is 72.8 Å². The van der Waals surface area contributed by atoms with Gasteiger partial charge < -0.3 is 18.6 Å². The van der Waals surface area contributed by atoms with Crippen molar-refractivity contribution in [2.24, 2.45) is 11.3 Å². The number of carbonyl (C=O) groups is 1. The van der Waals surface area contributed by atoms with E-state index in [9.17, 15) is 4.79 Å². The zero-order chi connectivity index (χ0) is 32.0. The predicted octanol–water partition coefficient (Wildman–Crippen LogP) is 7.61. The van der Waals surface area contributed by atoms with E-state index < -0.39 is 13.7 Å². The monoisotopic (exact) mass is 620 g/mol. The van der Waals surface area contributed by atoms with Gasteiger partial charge in [0.05, 0.1) is 42.5 Å². The summed E-state index contributed by atoms with van der Waals surface area (Å²) < 4.78 is 25.9. The maximum atomic E-state index is 12.1. The first-order valence-corrected chi connectivity index (χ1v) is 18.7. The summed E-state index contributed by atoms with van der Waals surface area (Å²) in [5, 5.41) is 2.54. The lowest BCUT2D eigenvalue weighted by Gasteiger charge is -2.45. The minimum absolute atomic E-state index is 0.0217. The van der Waals surface area contributed by atoms with Crippen LogP contribution in [0, 0.1) is 11.3 Å². The van der Waals surface area contributed by atoms with E-state index in [1.807, 2.05) is 20.8 Å². The molecule has 0 N–H and O–H groups in total. The number of esters is 1. The minimum Gasteiger partial charge on any atom is -0.465 e. The molecule has 44 heavy (non-hydrogen) atoms. The van der Waals surface area contributed by atoms with Crippen LogP contribution in [0.25, 0.3) is 0 Å². The van der Waals surface area contributed by atoms with Crippen molar-refractivity contribution >= 4 is 24.7 Å². The SMILES string of the molecule is C[C@H]1CC[C@H](/C=C/C[C@@H]2CC[C@@H]([C@@H](C)O[Si](c3ccccc3)(c3ccccc3)C(C)(C)C)O2)O[C@@H]1CCOC(=O)C(C)(C)C. The van der Waals surface area contributed by atoms with Crippen LogP contribution in [0.4, 0.5) is 0 Å². The van der Waals surface area contributed by atoms with Crippen LogP contribution < -0.4 is 10.4 Å². The molecule has 2 aromatic rings. The van der Waals surface area contributed by atoms with E-state index in [-0.39, 0.29) is 41.5 Å². The first-order valence-electron chi connectivity index (χ1n) is 16.7. The third kappa shape index (κ3) is 8.51. The van der Waals surface area contributed by atoms with E-state index in [0.29, 0.717) is 12.5 Å². The molecule has 4 rings (SSSR count). The molecule has 2 fully saturated rings. The molecule has 2 saturated heterocycles.